The van der Waals surface area contributed by atoms with Crippen LogP contribution in [0.1, 0.15) is 26.7 Å². The molecule has 3 aliphatic rings. The van der Waals surface area contributed by atoms with Crippen LogP contribution in [0.25, 0.3) is 0 Å². The van der Waals surface area contributed by atoms with E-state index in [-0.39, 0.29) is 11.6 Å². The van der Waals surface area contributed by atoms with Crippen LogP contribution in [0, 0.1) is 5.92 Å². The lowest BCUT2D eigenvalue weighted by atomic mass is 9.69. The average Bonchev–Trinajstić information content (AvgIpc) is 2.02. The lowest BCUT2D eigenvalue weighted by molar-refractivity contribution is -0.893. The van der Waals surface area contributed by atoms with Crippen LogP contribution in [0.4, 0.5) is 0 Å². The maximum absolute atomic E-state index is 10.00. The minimum atomic E-state index is -0.204. The molecule has 0 aromatic heterocycles. The number of hydrogen-bond acceptors (Lipinski definition) is 1. The summed E-state index contributed by atoms with van der Waals surface area (Å²) in [5, 5.41) is 10.00. The van der Waals surface area contributed by atoms with Gasteiger partial charge < -0.3 is 9.50 Å². The van der Waals surface area contributed by atoms with E-state index >= 15 is 0 Å². The molecule has 1 atom stereocenters. The molecule has 3 aliphatic heterocycles. The largest absolute Gasteiger partial charge is 0.481 e. The Morgan fingerprint density at radius 1 is 1.33 bits per heavy atom. The molecule has 3 fully saturated rings. The molecule has 66 valence electrons. The number of fused-ring (bicyclic) bond motifs is 3. The van der Waals surface area contributed by atoms with E-state index in [0.29, 0.717) is 10.3 Å². The van der Waals surface area contributed by atoms with Crippen molar-refractivity contribution in [3.8, 4) is 0 Å². The van der Waals surface area contributed by atoms with Gasteiger partial charge in [0.2, 0.25) is 0 Å². The quantitative estimate of drug-likeness (QED) is 0.518. The molecule has 0 aliphatic carbocycles. The van der Waals surface area contributed by atoms with Gasteiger partial charge in [0.15, 0.2) is 0 Å². The topological polar surface area (TPSA) is 20.2 Å². The normalized spacial score (nSPS) is 50.9. The standard InChI is InChI=1S/C9H17BNO/c1-9(2)8(12)7-3-5-11(9,10)6-4-7/h7-8,12H,3-6H2,1-2H3/q+1/t7?,8-,11?/m0/s1. The van der Waals surface area contributed by atoms with Crippen LogP contribution < -0.4 is 0 Å². The molecule has 2 nitrogen and oxygen atoms in total. The number of aliphatic hydroxyl groups is 1. The van der Waals surface area contributed by atoms with Crippen LogP contribution in [0.3, 0.4) is 0 Å². The molecule has 0 unspecified atom stereocenters. The number of quaternary nitrogens is 1. The SMILES string of the molecule is [B][N+]12CCC(CC1)[C@H](O)C2(C)C. The highest BCUT2D eigenvalue weighted by molar-refractivity contribution is 5.97. The molecule has 3 heteroatoms. The smallest absolute Gasteiger partial charge is 0.390 e. The van der Waals surface area contributed by atoms with Crippen molar-refractivity contribution >= 4 is 7.98 Å². The number of rotatable bonds is 0. The maximum atomic E-state index is 10.00. The second-order valence-corrected chi connectivity index (χ2v) is 4.92. The van der Waals surface area contributed by atoms with Gasteiger partial charge in [0.05, 0.1) is 13.1 Å². The van der Waals surface area contributed by atoms with Gasteiger partial charge in [0, 0.05) is 18.8 Å². The number of aliphatic hydroxyl groups excluding tert-OH is 1. The van der Waals surface area contributed by atoms with Gasteiger partial charge >= 0.3 is 7.98 Å². The lowest BCUT2D eigenvalue weighted by Crippen LogP contribution is -2.74. The molecule has 3 rings (SSSR count). The molecule has 0 amide bonds. The van der Waals surface area contributed by atoms with Gasteiger partial charge in [-0.05, 0) is 13.8 Å². The zero-order chi connectivity index (χ0) is 8.98. The van der Waals surface area contributed by atoms with Crippen LogP contribution >= 0.6 is 0 Å². The van der Waals surface area contributed by atoms with E-state index in [2.05, 4.69) is 13.8 Å². The van der Waals surface area contributed by atoms with Crippen molar-refractivity contribution in [2.24, 2.45) is 5.92 Å². The Morgan fingerprint density at radius 2 is 1.83 bits per heavy atom. The summed E-state index contributed by atoms with van der Waals surface area (Å²) < 4.78 is 0.574. The molecule has 3 heterocycles. The fourth-order valence-electron chi connectivity index (χ4n) is 2.78. The van der Waals surface area contributed by atoms with Crippen molar-refractivity contribution in [1.82, 2.24) is 0 Å². The highest BCUT2D eigenvalue weighted by atomic mass is 16.3. The first-order valence-corrected chi connectivity index (χ1v) is 4.81. The Kier molecular flexibility index (Phi) is 1.62. The van der Waals surface area contributed by atoms with Crippen molar-refractivity contribution in [2.45, 2.75) is 38.3 Å². The first kappa shape index (κ1) is 8.58. The predicted octanol–water partition coefficient (Wildman–Crippen LogP) is 0.450. The molecule has 2 radical (unpaired) electrons. The molecule has 0 aromatic carbocycles. The van der Waals surface area contributed by atoms with Gasteiger partial charge in [0.1, 0.15) is 11.6 Å². The van der Waals surface area contributed by atoms with E-state index in [1.54, 1.807) is 0 Å². The van der Waals surface area contributed by atoms with Crippen LogP contribution in [0.5, 0.6) is 0 Å². The fourth-order valence-corrected chi connectivity index (χ4v) is 2.78. The number of piperidine rings is 3. The second-order valence-electron chi connectivity index (χ2n) is 4.92. The molecule has 2 bridgehead atoms. The third-order valence-corrected chi connectivity index (χ3v) is 4.12. The molecule has 12 heavy (non-hydrogen) atoms. The third kappa shape index (κ3) is 0.840. The predicted molar refractivity (Wildman–Crippen MR) is 48.6 cm³/mol. The van der Waals surface area contributed by atoms with Crippen molar-refractivity contribution in [1.29, 1.82) is 0 Å². The number of hydrogen-bond donors (Lipinski definition) is 1. The molecular formula is C9H17BNO+. The van der Waals surface area contributed by atoms with Crippen LogP contribution in [0.2, 0.25) is 0 Å². The molecular weight excluding hydrogens is 149 g/mol. The molecule has 0 aromatic rings. The van der Waals surface area contributed by atoms with Crippen molar-refractivity contribution in [2.75, 3.05) is 13.1 Å². The van der Waals surface area contributed by atoms with E-state index in [1.807, 2.05) is 0 Å². The van der Waals surface area contributed by atoms with Gasteiger partial charge in [-0.3, -0.25) is 0 Å². The Bertz CT molecular complexity index is 194. The summed E-state index contributed by atoms with van der Waals surface area (Å²) in [5.41, 5.74) is -0.138. The molecule has 0 saturated carbocycles. The summed E-state index contributed by atoms with van der Waals surface area (Å²) >= 11 is 0. The summed E-state index contributed by atoms with van der Waals surface area (Å²) in [6.07, 6.45) is 1.99. The summed E-state index contributed by atoms with van der Waals surface area (Å²) in [7, 11) is 6.24. The number of nitrogens with zero attached hydrogens (tertiary/aromatic N) is 1. The van der Waals surface area contributed by atoms with E-state index in [1.165, 1.54) is 0 Å². The van der Waals surface area contributed by atoms with Crippen molar-refractivity contribution < 1.29 is 9.50 Å². The Hall–Kier alpha value is -0.0151. The minimum absolute atomic E-state index is 0.138. The van der Waals surface area contributed by atoms with Gasteiger partial charge in [-0.15, -0.1) is 0 Å². The lowest BCUT2D eigenvalue weighted by Gasteiger charge is -2.61. The van der Waals surface area contributed by atoms with E-state index in [0.717, 1.165) is 25.9 Å². The molecule has 1 N–H and O–H groups in total. The van der Waals surface area contributed by atoms with Gasteiger partial charge in [0.25, 0.3) is 0 Å². The average molecular weight is 166 g/mol. The van der Waals surface area contributed by atoms with Crippen LogP contribution in [-0.4, -0.2) is 42.2 Å². The first-order chi connectivity index (χ1) is 5.47. The zero-order valence-electron chi connectivity index (χ0n) is 7.95. The monoisotopic (exact) mass is 166 g/mol. The zero-order valence-corrected chi connectivity index (χ0v) is 7.95. The minimum Gasteiger partial charge on any atom is -0.390 e. The highest BCUT2D eigenvalue weighted by Crippen LogP contribution is 2.43. The molecule has 0 spiro atoms. The van der Waals surface area contributed by atoms with Gasteiger partial charge in [-0.2, -0.15) is 0 Å². The summed E-state index contributed by atoms with van der Waals surface area (Å²) in [6, 6.07) is 0. The molecule has 3 saturated heterocycles. The van der Waals surface area contributed by atoms with Gasteiger partial charge in [-0.25, -0.2) is 0 Å². The Balaban J connectivity index is 2.34. The van der Waals surface area contributed by atoms with E-state index in [9.17, 15) is 5.11 Å². The summed E-state index contributed by atoms with van der Waals surface area (Å²) in [4.78, 5) is 0. The van der Waals surface area contributed by atoms with Crippen LogP contribution in [0.15, 0.2) is 0 Å². The second kappa shape index (κ2) is 2.27. The fraction of sp³-hybridized carbons (Fsp3) is 1.00. The van der Waals surface area contributed by atoms with Gasteiger partial charge in [-0.1, -0.05) is 0 Å². The van der Waals surface area contributed by atoms with E-state index < -0.39 is 0 Å². The summed E-state index contributed by atoms with van der Waals surface area (Å²) in [6.45, 7) is 6.25. The Morgan fingerprint density at radius 3 is 2.17 bits per heavy atom. The van der Waals surface area contributed by atoms with Crippen molar-refractivity contribution in [3.05, 3.63) is 0 Å². The first-order valence-electron chi connectivity index (χ1n) is 4.81. The van der Waals surface area contributed by atoms with Crippen LogP contribution in [-0.2, 0) is 0 Å². The Labute approximate surface area is 75.6 Å². The summed E-state index contributed by atoms with van der Waals surface area (Å²) in [5.74, 6) is 0.503. The third-order valence-electron chi connectivity index (χ3n) is 4.12. The van der Waals surface area contributed by atoms with E-state index in [4.69, 9.17) is 7.98 Å². The van der Waals surface area contributed by atoms with Crippen molar-refractivity contribution in [3.63, 3.8) is 0 Å². The maximum Gasteiger partial charge on any atom is 0.481 e. The highest BCUT2D eigenvalue weighted by Gasteiger charge is 2.55.